The van der Waals surface area contributed by atoms with Crippen molar-refractivity contribution >= 4 is 34.8 Å². The second kappa shape index (κ2) is 4.77. The van der Waals surface area contributed by atoms with E-state index in [-0.39, 0.29) is 0 Å². The van der Waals surface area contributed by atoms with E-state index in [1.54, 1.807) is 7.11 Å². The molecule has 0 fully saturated rings. The van der Waals surface area contributed by atoms with E-state index in [0.29, 0.717) is 11.5 Å². The molecule has 0 atom stereocenters. The lowest BCUT2D eigenvalue weighted by atomic mass is 10.2. The van der Waals surface area contributed by atoms with Crippen molar-refractivity contribution in [3.63, 3.8) is 0 Å². The molecule has 0 spiro atoms. The van der Waals surface area contributed by atoms with E-state index in [1.165, 1.54) is 6.20 Å². The minimum absolute atomic E-state index is 0.438. The van der Waals surface area contributed by atoms with E-state index in [4.69, 9.17) is 39.5 Å². The number of aromatic nitrogens is 2. The Bertz CT molecular complexity index is 502. The maximum atomic E-state index is 5.75. The van der Waals surface area contributed by atoms with Crippen LogP contribution in [-0.2, 0) is 3.79 Å². The molecule has 0 aliphatic rings. The van der Waals surface area contributed by atoms with Gasteiger partial charge in [0.15, 0.2) is 0 Å². The Kier molecular flexibility index (Phi) is 3.52. The van der Waals surface area contributed by atoms with Crippen molar-refractivity contribution < 1.29 is 4.74 Å². The molecule has 3 nitrogen and oxygen atoms in total. The first kappa shape index (κ1) is 12.6. The summed E-state index contributed by atoms with van der Waals surface area (Å²) in [7, 11) is 1.61. The molecule has 0 radical (unpaired) electrons. The average molecular weight is 292 g/mol. The molecule has 2 aromatic rings. The summed E-state index contributed by atoms with van der Waals surface area (Å²) in [6.07, 6.45) is 1.51. The number of aromatic amines is 1. The second-order valence-electron chi connectivity index (χ2n) is 3.37. The molecule has 0 bridgehead atoms. The molecular formula is C11H9Cl3N2O. The van der Waals surface area contributed by atoms with Crippen molar-refractivity contribution in [1.82, 2.24) is 9.97 Å². The van der Waals surface area contributed by atoms with Crippen molar-refractivity contribution in [2.45, 2.75) is 3.79 Å². The first-order valence-electron chi connectivity index (χ1n) is 4.77. The Balaban J connectivity index is 2.30. The molecule has 90 valence electrons. The van der Waals surface area contributed by atoms with Gasteiger partial charge in [0.1, 0.15) is 11.6 Å². The van der Waals surface area contributed by atoms with Crippen LogP contribution in [0.15, 0.2) is 30.5 Å². The maximum absolute atomic E-state index is 5.75. The lowest BCUT2D eigenvalue weighted by Gasteiger charge is -2.06. The van der Waals surface area contributed by atoms with Crippen LogP contribution < -0.4 is 4.74 Å². The number of nitrogens with zero attached hydrogens (tertiary/aromatic N) is 1. The van der Waals surface area contributed by atoms with Gasteiger partial charge in [-0.1, -0.05) is 34.8 Å². The minimum atomic E-state index is -1.49. The summed E-state index contributed by atoms with van der Waals surface area (Å²) in [5.41, 5.74) is 1.33. The lowest BCUT2D eigenvalue weighted by molar-refractivity contribution is 0.415. The van der Waals surface area contributed by atoms with Gasteiger partial charge in [0.25, 0.3) is 0 Å². The van der Waals surface area contributed by atoms with Crippen LogP contribution in [0.25, 0.3) is 11.4 Å². The smallest absolute Gasteiger partial charge is 0.232 e. The van der Waals surface area contributed by atoms with Crippen molar-refractivity contribution in [3.05, 3.63) is 36.2 Å². The number of rotatable bonds is 2. The third-order valence-corrected chi connectivity index (χ3v) is 2.86. The summed E-state index contributed by atoms with van der Waals surface area (Å²) in [6, 6.07) is 7.43. The van der Waals surface area contributed by atoms with Crippen LogP contribution in [0.4, 0.5) is 0 Å². The average Bonchev–Trinajstić information content (AvgIpc) is 2.78. The summed E-state index contributed by atoms with van der Waals surface area (Å²) in [5, 5.41) is 0. The van der Waals surface area contributed by atoms with Crippen LogP contribution in [0.3, 0.4) is 0 Å². The Morgan fingerprint density at radius 3 is 2.29 bits per heavy atom. The Labute approximate surface area is 114 Å². The summed E-state index contributed by atoms with van der Waals surface area (Å²) >= 11 is 17.2. The fourth-order valence-corrected chi connectivity index (χ4v) is 1.65. The highest BCUT2D eigenvalue weighted by molar-refractivity contribution is 6.66. The topological polar surface area (TPSA) is 37.9 Å². The highest BCUT2D eigenvalue weighted by atomic mass is 35.6. The molecule has 1 aromatic carbocycles. The summed E-state index contributed by atoms with van der Waals surface area (Å²) in [5.74, 6) is 1.43. The molecule has 17 heavy (non-hydrogen) atoms. The van der Waals surface area contributed by atoms with Gasteiger partial charge in [-0.15, -0.1) is 0 Å². The van der Waals surface area contributed by atoms with Gasteiger partial charge in [0, 0.05) is 5.56 Å². The van der Waals surface area contributed by atoms with Crippen LogP contribution in [0.1, 0.15) is 5.69 Å². The fourth-order valence-electron chi connectivity index (χ4n) is 1.36. The molecule has 0 unspecified atom stereocenters. The zero-order chi connectivity index (χ0) is 12.5. The van der Waals surface area contributed by atoms with E-state index in [0.717, 1.165) is 11.3 Å². The third kappa shape index (κ3) is 2.86. The van der Waals surface area contributed by atoms with Gasteiger partial charge in [0.05, 0.1) is 19.0 Å². The molecule has 6 heteroatoms. The van der Waals surface area contributed by atoms with Gasteiger partial charge < -0.3 is 9.72 Å². The van der Waals surface area contributed by atoms with Gasteiger partial charge in [-0.3, -0.25) is 0 Å². The number of methoxy groups -OCH3 is 1. The number of hydrogen-bond donors (Lipinski definition) is 1. The zero-order valence-electron chi connectivity index (χ0n) is 8.88. The predicted octanol–water partition coefficient (Wildman–Crippen LogP) is 3.91. The van der Waals surface area contributed by atoms with Gasteiger partial charge in [-0.2, -0.15) is 0 Å². The summed E-state index contributed by atoms with van der Waals surface area (Å²) in [6.45, 7) is 0. The largest absolute Gasteiger partial charge is 0.497 e. The standard InChI is InChI=1S/C11H9Cl3N2O/c1-17-8-4-2-7(3-5-8)10-15-6-9(16-10)11(12,13)14/h2-6H,1H3,(H,15,16). The monoisotopic (exact) mass is 290 g/mol. The maximum Gasteiger partial charge on any atom is 0.232 e. The molecule has 0 aliphatic heterocycles. The number of H-pyrrole nitrogens is 1. The van der Waals surface area contributed by atoms with Crippen molar-refractivity contribution in [1.29, 1.82) is 0 Å². The molecular weight excluding hydrogens is 282 g/mol. The Morgan fingerprint density at radius 2 is 1.82 bits per heavy atom. The highest BCUT2D eigenvalue weighted by Crippen LogP contribution is 2.37. The number of alkyl halides is 3. The fraction of sp³-hybridized carbons (Fsp3) is 0.182. The molecule has 1 heterocycles. The van der Waals surface area contributed by atoms with E-state index < -0.39 is 3.79 Å². The number of halogens is 3. The van der Waals surface area contributed by atoms with Crippen molar-refractivity contribution in [3.8, 4) is 17.1 Å². The molecule has 2 rings (SSSR count). The van der Waals surface area contributed by atoms with Gasteiger partial charge in [-0.05, 0) is 24.3 Å². The Hall–Kier alpha value is -0.900. The summed E-state index contributed by atoms with van der Waals surface area (Å²) in [4.78, 5) is 7.12. The van der Waals surface area contributed by atoms with Crippen LogP contribution in [-0.4, -0.2) is 17.1 Å². The molecule has 1 N–H and O–H groups in total. The molecule has 0 saturated carbocycles. The van der Waals surface area contributed by atoms with Gasteiger partial charge >= 0.3 is 0 Å². The van der Waals surface area contributed by atoms with Gasteiger partial charge in [-0.25, -0.2) is 4.98 Å². The number of benzene rings is 1. The number of hydrogen-bond acceptors (Lipinski definition) is 2. The summed E-state index contributed by atoms with van der Waals surface area (Å²) < 4.78 is 3.58. The third-order valence-electron chi connectivity index (χ3n) is 2.24. The molecule has 0 saturated heterocycles. The van der Waals surface area contributed by atoms with E-state index in [9.17, 15) is 0 Å². The van der Waals surface area contributed by atoms with Crippen LogP contribution in [0.5, 0.6) is 5.75 Å². The van der Waals surface area contributed by atoms with Crippen molar-refractivity contribution in [2.75, 3.05) is 7.11 Å². The quantitative estimate of drug-likeness (QED) is 0.852. The number of imidazole rings is 1. The zero-order valence-corrected chi connectivity index (χ0v) is 11.1. The van der Waals surface area contributed by atoms with Crippen molar-refractivity contribution in [2.24, 2.45) is 0 Å². The molecule has 1 aromatic heterocycles. The SMILES string of the molecule is COc1ccc(-c2ncc(C(Cl)(Cl)Cl)[nH]2)cc1. The van der Waals surface area contributed by atoms with Crippen LogP contribution in [0.2, 0.25) is 0 Å². The minimum Gasteiger partial charge on any atom is -0.497 e. The van der Waals surface area contributed by atoms with Gasteiger partial charge in [0.2, 0.25) is 3.79 Å². The van der Waals surface area contributed by atoms with E-state index >= 15 is 0 Å². The second-order valence-corrected chi connectivity index (χ2v) is 5.65. The predicted molar refractivity (Wildman–Crippen MR) is 69.8 cm³/mol. The lowest BCUT2D eigenvalue weighted by Crippen LogP contribution is -1.99. The van der Waals surface area contributed by atoms with Crippen LogP contribution in [0, 0.1) is 0 Å². The normalized spacial score (nSPS) is 11.5. The molecule has 0 aliphatic carbocycles. The molecule has 0 amide bonds. The number of nitrogens with one attached hydrogen (secondary N) is 1. The van der Waals surface area contributed by atoms with Crippen LogP contribution >= 0.6 is 34.8 Å². The first-order chi connectivity index (χ1) is 8.00. The first-order valence-corrected chi connectivity index (χ1v) is 5.91. The van der Waals surface area contributed by atoms with E-state index in [2.05, 4.69) is 9.97 Å². The van der Waals surface area contributed by atoms with E-state index in [1.807, 2.05) is 24.3 Å². The Morgan fingerprint density at radius 1 is 1.18 bits per heavy atom. The highest BCUT2D eigenvalue weighted by Gasteiger charge is 2.25. The number of ether oxygens (including phenoxy) is 1.